The molecule has 0 spiro atoms. The molecule has 0 radical (unpaired) electrons. The number of imidazole rings is 1. The Morgan fingerprint density at radius 2 is 1.76 bits per heavy atom. The Balaban J connectivity index is 1.16. The van der Waals surface area contributed by atoms with Crippen molar-refractivity contribution in [2.75, 3.05) is 13.1 Å². The summed E-state index contributed by atoms with van der Waals surface area (Å²) in [5, 5.41) is 22.9. The summed E-state index contributed by atoms with van der Waals surface area (Å²) in [4.78, 5) is 17.2. The largest absolute Gasteiger partial charge is 0.481 e. The second kappa shape index (κ2) is 10.8. The van der Waals surface area contributed by atoms with Crippen molar-refractivity contribution in [1.82, 2.24) is 19.6 Å². The van der Waals surface area contributed by atoms with E-state index < -0.39 is 12.1 Å². The van der Waals surface area contributed by atoms with Gasteiger partial charge >= 0.3 is 5.97 Å². The average Bonchev–Trinajstić information content (AvgIpc) is 3.52. The van der Waals surface area contributed by atoms with Crippen molar-refractivity contribution in [3.05, 3.63) is 95.2 Å². The highest BCUT2D eigenvalue weighted by Gasteiger charge is 2.28. The van der Waals surface area contributed by atoms with Gasteiger partial charge in [0.1, 0.15) is 17.6 Å². The molecule has 1 unspecified atom stereocenters. The number of carbonyl (C=O) groups is 1. The molecule has 2 aromatic heterocycles. The Morgan fingerprint density at radius 1 is 1.08 bits per heavy atom. The van der Waals surface area contributed by atoms with Gasteiger partial charge in [-0.15, -0.1) is 0 Å². The number of likely N-dealkylation sites (tertiary alicyclic amines) is 1. The smallest absolute Gasteiger partial charge is 0.303 e. The molecular formula is C29H28N4O4. The molecular weight excluding hydrogens is 468 g/mol. The van der Waals surface area contributed by atoms with Crippen LogP contribution in [0.15, 0.2) is 71.5 Å². The van der Waals surface area contributed by atoms with Gasteiger partial charge in [-0.1, -0.05) is 29.1 Å². The van der Waals surface area contributed by atoms with Crippen LogP contribution >= 0.6 is 0 Å². The Kier molecular flexibility index (Phi) is 7.17. The van der Waals surface area contributed by atoms with Gasteiger partial charge in [-0.3, -0.25) is 9.69 Å². The minimum absolute atomic E-state index is 0.253. The Hall–Kier alpha value is -4.19. The number of hydrogen-bond acceptors (Lipinski definition) is 6. The molecule has 0 saturated carbocycles. The van der Waals surface area contributed by atoms with Crippen LogP contribution < -0.4 is 0 Å². The molecule has 8 heteroatoms. The summed E-state index contributed by atoms with van der Waals surface area (Å²) in [6, 6.07) is 17.9. The molecule has 4 aromatic rings. The second-order valence-electron chi connectivity index (χ2n) is 9.45. The maximum atomic E-state index is 10.8. The maximum absolute atomic E-state index is 10.8. The van der Waals surface area contributed by atoms with E-state index in [1.165, 1.54) is 5.56 Å². The Labute approximate surface area is 215 Å². The van der Waals surface area contributed by atoms with Gasteiger partial charge in [0.05, 0.1) is 13.0 Å². The molecule has 1 aliphatic heterocycles. The first-order valence-corrected chi connectivity index (χ1v) is 12.2. The Morgan fingerprint density at radius 3 is 2.41 bits per heavy atom. The van der Waals surface area contributed by atoms with E-state index in [2.05, 4.69) is 39.0 Å². The van der Waals surface area contributed by atoms with Gasteiger partial charge in [-0.2, -0.15) is 0 Å². The second-order valence-corrected chi connectivity index (χ2v) is 9.45. The summed E-state index contributed by atoms with van der Waals surface area (Å²) in [6.07, 6.45) is 3.06. The predicted molar refractivity (Wildman–Crippen MR) is 137 cm³/mol. The third-order valence-corrected chi connectivity index (χ3v) is 6.39. The number of aliphatic hydroxyl groups is 1. The molecule has 1 fully saturated rings. The van der Waals surface area contributed by atoms with Gasteiger partial charge < -0.3 is 19.3 Å². The SMILES string of the molecule is CC(O)c1nccn1Cc1cc(-c2ccc(C#Cc3ccc(CN4CC(CC(=O)O)C4)cc3)cc2)on1. The van der Waals surface area contributed by atoms with E-state index in [-0.39, 0.29) is 12.3 Å². The quantitative estimate of drug-likeness (QED) is 0.356. The van der Waals surface area contributed by atoms with Gasteiger partial charge in [0.15, 0.2) is 5.76 Å². The minimum Gasteiger partial charge on any atom is -0.481 e. The van der Waals surface area contributed by atoms with Crippen molar-refractivity contribution in [1.29, 1.82) is 0 Å². The van der Waals surface area contributed by atoms with E-state index in [0.717, 1.165) is 42.0 Å². The van der Waals surface area contributed by atoms with Crippen molar-refractivity contribution in [2.24, 2.45) is 5.92 Å². The van der Waals surface area contributed by atoms with Crippen LogP contribution in [0, 0.1) is 17.8 Å². The summed E-state index contributed by atoms with van der Waals surface area (Å²) in [6.45, 7) is 4.66. The standard InChI is InChI=1S/C29H28N4O4/c1-20(34)29-30-12-13-33(29)19-26-15-27(37-31-26)25-10-8-22(9-11-25)3-2-21-4-6-23(7-5-21)16-32-17-24(18-32)14-28(35)36/h4-13,15,20,24,34H,14,16-19H2,1H3,(H,35,36). The molecule has 8 nitrogen and oxygen atoms in total. The van der Waals surface area contributed by atoms with Crippen molar-refractivity contribution in [3.8, 4) is 23.2 Å². The Bertz CT molecular complexity index is 1420. The zero-order valence-electron chi connectivity index (χ0n) is 20.5. The van der Waals surface area contributed by atoms with Crippen molar-refractivity contribution < 1.29 is 19.5 Å². The van der Waals surface area contributed by atoms with E-state index >= 15 is 0 Å². The third kappa shape index (κ3) is 6.15. The molecule has 2 N–H and O–H groups in total. The fraction of sp³-hybridized carbons (Fsp3) is 0.276. The number of aliphatic hydroxyl groups excluding tert-OH is 1. The first-order chi connectivity index (χ1) is 17.9. The molecule has 0 bridgehead atoms. The summed E-state index contributed by atoms with van der Waals surface area (Å²) in [5.74, 6) is 7.21. The molecule has 0 amide bonds. The van der Waals surface area contributed by atoms with E-state index in [0.29, 0.717) is 18.1 Å². The summed E-state index contributed by atoms with van der Waals surface area (Å²) < 4.78 is 7.38. The van der Waals surface area contributed by atoms with Crippen LogP contribution in [0.25, 0.3) is 11.3 Å². The van der Waals surface area contributed by atoms with Crippen LogP contribution in [-0.2, 0) is 17.9 Å². The molecule has 1 saturated heterocycles. The predicted octanol–water partition coefficient (Wildman–Crippen LogP) is 3.95. The molecule has 3 heterocycles. The molecule has 5 rings (SSSR count). The summed E-state index contributed by atoms with van der Waals surface area (Å²) >= 11 is 0. The third-order valence-electron chi connectivity index (χ3n) is 6.39. The van der Waals surface area contributed by atoms with Crippen LogP contribution in [-0.4, -0.2) is 48.9 Å². The number of aliphatic carboxylic acids is 1. The van der Waals surface area contributed by atoms with E-state index in [9.17, 15) is 9.90 Å². The first kappa shape index (κ1) is 24.5. The number of carboxylic acids is 1. The van der Waals surface area contributed by atoms with Crippen LogP contribution in [0.5, 0.6) is 0 Å². The van der Waals surface area contributed by atoms with Crippen molar-refractivity contribution >= 4 is 5.97 Å². The highest BCUT2D eigenvalue weighted by atomic mass is 16.5. The zero-order chi connectivity index (χ0) is 25.8. The van der Waals surface area contributed by atoms with Crippen LogP contribution in [0.1, 0.15) is 47.7 Å². The van der Waals surface area contributed by atoms with Crippen LogP contribution in [0.4, 0.5) is 0 Å². The number of nitrogens with zero attached hydrogens (tertiary/aromatic N) is 4. The number of hydrogen-bond donors (Lipinski definition) is 2. The van der Waals surface area contributed by atoms with Crippen molar-refractivity contribution in [3.63, 3.8) is 0 Å². The zero-order valence-corrected chi connectivity index (χ0v) is 20.5. The molecule has 1 atom stereocenters. The first-order valence-electron chi connectivity index (χ1n) is 12.2. The minimum atomic E-state index is -0.719. The normalized spacial score (nSPS) is 14.5. The van der Waals surface area contributed by atoms with E-state index in [1.807, 2.05) is 53.2 Å². The molecule has 188 valence electrons. The maximum Gasteiger partial charge on any atom is 0.303 e. The molecule has 0 aliphatic carbocycles. The van der Waals surface area contributed by atoms with Gasteiger partial charge in [-0.25, -0.2) is 4.98 Å². The van der Waals surface area contributed by atoms with Crippen LogP contribution in [0.2, 0.25) is 0 Å². The molecule has 1 aliphatic rings. The number of aromatic nitrogens is 3. The highest BCUT2D eigenvalue weighted by Crippen LogP contribution is 2.23. The molecule has 2 aromatic carbocycles. The summed E-state index contributed by atoms with van der Waals surface area (Å²) in [5.41, 5.74) is 4.70. The lowest BCUT2D eigenvalue weighted by Gasteiger charge is -2.38. The average molecular weight is 497 g/mol. The van der Waals surface area contributed by atoms with Gasteiger partial charge in [0.25, 0.3) is 0 Å². The molecule has 37 heavy (non-hydrogen) atoms. The van der Waals surface area contributed by atoms with Crippen LogP contribution in [0.3, 0.4) is 0 Å². The highest BCUT2D eigenvalue weighted by molar-refractivity contribution is 5.67. The van der Waals surface area contributed by atoms with Gasteiger partial charge in [-0.05, 0) is 54.8 Å². The number of rotatable bonds is 8. The van der Waals surface area contributed by atoms with Gasteiger partial charge in [0, 0.05) is 54.8 Å². The monoisotopic (exact) mass is 496 g/mol. The lowest BCUT2D eigenvalue weighted by molar-refractivity contribution is -0.139. The number of carboxylic acid groups (broad SMARTS) is 1. The fourth-order valence-corrected chi connectivity index (χ4v) is 4.51. The summed E-state index contributed by atoms with van der Waals surface area (Å²) in [7, 11) is 0. The lowest BCUT2D eigenvalue weighted by Crippen LogP contribution is -2.46. The lowest BCUT2D eigenvalue weighted by atomic mass is 9.95. The van der Waals surface area contributed by atoms with E-state index in [1.54, 1.807) is 13.1 Å². The van der Waals surface area contributed by atoms with Gasteiger partial charge in [0.2, 0.25) is 0 Å². The van der Waals surface area contributed by atoms with Crippen molar-refractivity contribution in [2.45, 2.75) is 32.5 Å². The topological polar surface area (TPSA) is 105 Å². The fourth-order valence-electron chi connectivity index (χ4n) is 4.51. The van der Waals surface area contributed by atoms with E-state index in [4.69, 9.17) is 9.63 Å². The number of benzene rings is 2.